The first-order valence-electron chi connectivity index (χ1n) is 5.58. The maximum Gasteiger partial charge on any atom is 0.262 e. The summed E-state index contributed by atoms with van der Waals surface area (Å²) in [6.07, 6.45) is 0. The lowest BCUT2D eigenvalue weighted by atomic mass is 10.1. The second-order valence-corrected chi connectivity index (χ2v) is 4.19. The standard InChI is InChI=1S/C12H17N3O2/c1-13-8-15(2)6-9-3-4-11-10(5-9)14-12(16)7-17-11/h3-5,13H,6-8H2,1-2H3,(H,14,16). The zero-order valence-corrected chi connectivity index (χ0v) is 10.1. The number of hydrogen-bond acceptors (Lipinski definition) is 4. The number of hydrogen-bond donors (Lipinski definition) is 2. The van der Waals surface area contributed by atoms with Crippen LogP contribution in [0.25, 0.3) is 0 Å². The van der Waals surface area contributed by atoms with E-state index in [1.165, 1.54) is 0 Å². The predicted molar refractivity (Wildman–Crippen MR) is 66.0 cm³/mol. The van der Waals surface area contributed by atoms with Crippen molar-refractivity contribution in [2.45, 2.75) is 6.54 Å². The molecule has 2 N–H and O–H groups in total. The highest BCUT2D eigenvalue weighted by Gasteiger charge is 2.15. The summed E-state index contributed by atoms with van der Waals surface area (Å²) in [6, 6.07) is 5.87. The van der Waals surface area contributed by atoms with Gasteiger partial charge in [-0.3, -0.25) is 9.69 Å². The van der Waals surface area contributed by atoms with E-state index in [0.29, 0.717) is 0 Å². The first kappa shape index (κ1) is 11.9. The fraction of sp³-hybridized carbons (Fsp3) is 0.417. The predicted octanol–water partition coefficient (Wildman–Crippen LogP) is 0.626. The Bertz CT molecular complexity index is 420. The van der Waals surface area contributed by atoms with Crippen molar-refractivity contribution in [2.75, 3.05) is 32.7 Å². The summed E-state index contributed by atoms with van der Waals surface area (Å²) >= 11 is 0. The van der Waals surface area contributed by atoms with Crippen LogP contribution < -0.4 is 15.4 Å². The maximum atomic E-state index is 11.2. The zero-order valence-electron chi connectivity index (χ0n) is 10.1. The fourth-order valence-electron chi connectivity index (χ4n) is 1.87. The van der Waals surface area contributed by atoms with Crippen molar-refractivity contribution in [3.63, 3.8) is 0 Å². The van der Waals surface area contributed by atoms with Gasteiger partial charge in [-0.1, -0.05) is 6.07 Å². The van der Waals surface area contributed by atoms with Gasteiger partial charge in [0.05, 0.1) is 5.69 Å². The molecule has 0 fully saturated rings. The number of ether oxygens (including phenoxy) is 1. The average molecular weight is 235 g/mol. The quantitative estimate of drug-likeness (QED) is 0.751. The number of carbonyl (C=O) groups excluding carboxylic acids is 1. The third-order valence-electron chi connectivity index (χ3n) is 2.56. The monoisotopic (exact) mass is 235 g/mol. The van der Waals surface area contributed by atoms with Crippen LogP contribution >= 0.6 is 0 Å². The number of anilines is 1. The van der Waals surface area contributed by atoms with Crippen molar-refractivity contribution >= 4 is 11.6 Å². The van der Waals surface area contributed by atoms with Crippen molar-refractivity contribution in [2.24, 2.45) is 0 Å². The molecule has 0 aliphatic carbocycles. The first-order chi connectivity index (χ1) is 8.19. The lowest BCUT2D eigenvalue weighted by Crippen LogP contribution is -2.28. The van der Waals surface area contributed by atoms with E-state index in [9.17, 15) is 4.79 Å². The molecule has 2 rings (SSSR count). The van der Waals surface area contributed by atoms with Crippen LogP contribution in [0.3, 0.4) is 0 Å². The van der Waals surface area contributed by atoms with E-state index in [2.05, 4.69) is 15.5 Å². The Hall–Kier alpha value is -1.59. The van der Waals surface area contributed by atoms with Gasteiger partial charge in [-0.15, -0.1) is 0 Å². The summed E-state index contributed by atoms with van der Waals surface area (Å²) in [5, 5.41) is 5.90. The number of benzene rings is 1. The minimum atomic E-state index is -0.0989. The minimum Gasteiger partial charge on any atom is -0.482 e. The molecule has 0 bridgehead atoms. The van der Waals surface area contributed by atoms with Crippen LogP contribution in [0.15, 0.2) is 18.2 Å². The summed E-state index contributed by atoms with van der Waals surface area (Å²) in [5.74, 6) is 0.642. The van der Waals surface area contributed by atoms with Gasteiger partial charge >= 0.3 is 0 Å². The third-order valence-corrected chi connectivity index (χ3v) is 2.56. The van der Waals surface area contributed by atoms with E-state index < -0.39 is 0 Å². The molecule has 92 valence electrons. The molecule has 1 aromatic carbocycles. The smallest absolute Gasteiger partial charge is 0.262 e. The van der Waals surface area contributed by atoms with Crippen LogP contribution in [-0.4, -0.2) is 38.2 Å². The SMILES string of the molecule is CNCN(C)Cc1ccc2c(c1)NC(=O)CO2. The minimum absolute atomic E-state index is 0.0989. The molecule has 0 saturated carbocycles. The highest BCUT2D eigenvalue weighted by molar-refractivity contribution is 5.95. The van der Waals surface area contributed by atoms with E-state index in [1.54, 1.807) is 0 Å². The summed E-state index contributed by atoms with van der Waals surface area (Å²) in [5.41, 5.74) is 1.91. The van der Waals surface area contributed by atoms with Crippen molar-refractivity contribution in [1.29, 1.82) is 0 Å². The number of nitrogens with one attached hydrogen (secondary N) is 2. The van der Waals surface area contributed by atoms with Gasteiger partial charge in [0, 0.05) is 13.2 Å². The molecule has 0 unspecified atom stereocenters. The van der Waals surface area contributed by atoms with Gasteiger partial charge in [-0.2, -0.15) is 0 Å². The molecule has 0 radical (unpaired) electrons. The molecular weight excluding hydrogens is 218 g/mol. The van der Waals surface area contributed by atoms with E-state index >= 15 is 0 Å². The molecule has 0 spiro atoms. The molecule has 0 aromatic heterocycles. The van der Waals surface area contributed by atoms with Crippen LogP contribution in [0.4, 0.5) is 5.69 Å². The zero-order chi connectivity index (χ0) is 12.3. The van der Waals surface area contributed by atoms with Gasteiger partial charge in [-0.25, -0.2) is 0 Å². The Morgan fingerprint density at radius 2 is 2.35 bits per heavy atom. The van der Waals surface area contributed by atoms with Crippen molar-refractivity contribution in [3.8, 4) is 5.75 Å². The van der Waals surface area contributed by atoms with Crippen molar-refractivity contribution in [1.82, 2.24) is 10.2 Å². The molecule has 5 nitrogen and oxygen atoms in total. The molecule has 1 aliphatic heterocycles. The van der Waals surface area contributed by atoms with Crippen LogP contribution in [0.1, 0.15) is 5.56 Å². The number of amides is 1. The Kier molecular flexibility index (Phi) is 3.61. The fourth-order valence-corrected chi connectivity index (χ4v) is 1.87. The number of carbonyl (C=O) groups is 1. The van der Waals surface area contributed by atoms with Crippen LogP contribution in [0.5, 0.6) is 5.75 Å². The van der Waals surface area contributed by atoms with Gasteiger partial charge in [0.2, 0.25) is 0 Å². The van der Waals surface area contributed by atoms with Gasteiger partial charge in [0.25, 0.3) is 5.91 Å². The van der Waals surface area contributed by atoms with Crippen molar-refractivity contribution < 1.29 is 9.53 Å². The molecule has 0 saturated heterocycles. The Morgan fingerprint density at radius 3 is 3.12 bits per heavy atom. The molecule has 1 heterocycles. The molecule has 5 heteroatoms. The van der Waals surface area contributed by atoms with Crippen LogP contribution in [-0.2, 0) is 11.3 Å². The summed E-state index contributed by atoms with van der Waals surface area (Å²) < 4.78 is 5.31. The number of nitrogens with zero attached hydrogens (tertiary/aromatic N) is 1. The Balaban J connectivity index is 2.10. The van der Waals surface area contributed by atoms with E-state index in [-0.39, 0.29) is 12.5 Å². The Labute approximate surface area is 101 Å². The summed E-state index contributed by atoms with van der Waals surface area (Å²) in [7, 11) is 3.95. The van der Waals surface area contributed by atoms with Gasteiger partial charge in [0.15, 0.2) is 6.61 Å². The molecular formula is C12H17N3O2. The molecule has 0 atom stereocenters. The highest BCUT2D eigenvalue weighted by atomic mass is 16.5. The molecule has 1 amide bonds. The Morgan fingerprint density at radius 1 is 1.53 bits per heavy atom. The number of rotatable bonds is 4. The van der Waals surface area contributed by atoms with E-state index in [0.717, 1.165) is 30.2 Å². The van der Waals surface area contributed by atoms with Crippen LogP contribution in [0, 0.1) is 0 Å². The molecule has 1 aliphatic rings. The highest BCUT2D eigenvalue weighted by Crippen LogP contribution is 2.28. The van der Waals surface area contributed by atoms with E-state index in [4.69, 9.17) is 4.74 Å². The lowest BCUT2D eigenvalue weighted by Gasteiger charge is -2.20. The molecule has 1 aromatic rings. The summed E-state index contributed by atoms with van der Waals surface area (Å²) in [6.45, 7) is 1.75. The average Bonchev–Trinajstić information content (AvgIpc) is 2.28. The van der Waals surface area contributed by atoms with Gasteiger partial charge in [-0.05, 0) is 31.8 Å². The second kappa shape index (κ2) is 5.16. The second-order valence-electron chi connectivity index (χ2n) is 4.19. The largest absolute Gasteiger partial charge is 0.482 e. The lowest BCUT2D eigenvalue weighted by molar-refractivity contribution is -0.118. The normalized spacial score (nSPS) is 14.2. The topological polar surface area (TPSA) is 53.6 Å². The van der Waals surface area contributed by atoms with Crippen LogP contribution in [0.2, 0.25) is 0 Å². The van der Waals surface area contributed by atoms with Crippen molar-refractivity contribution in [3.05, 3.63) is 23.8 Å². The number of fused-ring (bicyclic) bond motifs is 1. The first-order valence-corrected chi connectivity index (χ1v) is 5.58. The van der Waals surface area contributed by atoms with Gasteiger partial charge < -0.3 is 15.4 Å². The molecule has 17 heavy (non-hydrogen) atoms. The maximum absolute atomic E-state index is 11.2. The third kappa shape index (κ3) is 2.95. The van der Waals surface area contributed by atoms with E-state index in [1.807, 2.05) is 32.3 Å². The summed E-state index contributed by atoms with van der Waals surface area (Å²) in [4.78, 5) is 13.4. The van der Waals surface area contributed by atoms with Gasteiger partial charge in [0.1, 0.15) is 5.75 Å².